The minimum absolute atomic E-state index is 0. The van der Waals surface area contributed by atoms with Crippen LogP contribution in [0.3, 0.4) is 0 Å². The first-order valence-corrected chi connectivity index (χ1v) is 12.3. The van der Waals surface area contributed by atoms with E-state index in [1.807, 2.05) is 43.3 Å². The van der Waals surface area contributed by atoms with Crippen molar-refractivity contribution in [2.75, 3.05) is 18.4 Å². The van der Waals surface area contributed by atoms with Crippen LogP contribution in [0.15, 0.2) is 64.9 Å². The number of nitrogens with one attached hydrogen (secondary N) is 2. The summed E-state index contributed by atoms with van der Waals surface area (Å²) in [5.41, 5.74) is 0.813. The van der Waals surface area contributed by atoms with Gasteiger partial charge in [0.2, 0.25) is 5.13 Å². The van der Waals surface area contributed by atoms with Gasteiger partial charge < -0.3 is 15.4 Å². The molecule has 0 radical (unpaired) electrons. The zero-order chi connectivity index (χ0) is 22.5. The summed E-state index contributed by atoms with van der Waals surface area (Å²) in [6, 6.07) is 11.5. The van der Waals surface area contributed by atoms with Gasteiger partial charge in [0.05, 0.1) is 10.6 Å². The van der Waals surface area contributed by atoms with Crippen LogP contribution in [0.1, 0.15) is 30.3 Å². The molecule has 1 fully saturated rings. The fourth-order valence-corrected chi connectivity index (χ4v) is 4.95. The van der Waals surface area contributed by atoms with Gasteiger partial charge in [0.25, 0.3) is 0 Å². The Morgan fingerprint density at radius 1 is 1.03 bits per heavy atom. The molecule has 0 saturated carbocycles. The van der Waals surface area contributed by atoms with E-state index in [1.165, 1.54) is 23.3 Å². The fraction of sp³-hybridized carbons (Fsp3) is 0.261. The molecule has 4 aromatic heterocycles. The van der Waals surface area contributed by atoms with Crippen molar-refractivity contribution < 1.29 is 4.74 Å². The quantitative estimate of drug-likeness (QED) is 0.286. The van der Waals surface area contributed by atoms with Gasteiger partial charge in [-0.3, -0.25) is 4.98 Å². The maximum Gasteiger partial charge on any atom is 0.208 e. The highest BCUT2D eigenvalue weighted by Crippen LogP contribution is 2.38. The number of pyridine rings is 3. The van der Waals surface area contributed by atoms with Crippen molar-refractivity contribution in [3.63, 3.8) is 0 Å². The molecule has 2 N–H and O–H groups in total. The maximum atomic E-state index is 6.26. The second-order valence-electron chi connectivity index (χ2n) is 7.58. The summed E-state index contributed by atoms with van der Waals surface area (Å²) in [6.07, 6.45) is 7.44. The largest absolute Gasteiger partial charge is 0.454 e. The topological polar surface area (TPSA) is 97.7 Å². The highest BCUT2D eigenvalue weighted by molar-refractivity contribution is 7.99. The molecular formula is C23H25Cl2N7OS2. The second kappa shape index (κ2) is 13.0. The van der Waals surface area contributed by atoms with Crippen LogP contribution in [0.2, 0.25) is 0 Å². The lowest BCUT2D eigenvalue weighted by atomic mass is 9.98. The molecule has 1 saturated heterocycles. The number of aryl methyl sites for hydroxylation is 1. The first kappa shape index (κ1) is 27.1. The highest BCUT2D eigenvalue weighted by Gasteiger charge is 2.20. The fourth-order valence-electron chi connectivity index (χ4n) is 3.51. The van der Waals surface area contributed by atoms with Gasteiger partial charge in [-0.2, -0.15) is 4.37 Å². The van der Waals surface area contributed by atoms with E-state index in [4.69, 9.17) is 9.72 Å². The summed E-state index contributed by atoms with van der Waals surface area (Å²) < 4.78 is 10.8. The van der Waals surface area contributed by atoms with Crippen LogP contribution in [0.25, 0.3) is 0 Å². The van der Waals surface area contributed by atoms with Crippen molar-refractivity contribution in [1.82, 2.24) is 29.6 Å². The van der Waals surface area contributed by atoms with E-state index in [-0.39, 0.29) is 24.8 Å². The molecule has 1 aliphatic heterocycles. The van der Waals surface area contributed by atoms with Crippen molar-refractivity contribution in [3.8, 4) is 11.5 Å². The lowest BCUT2D eigenvalue weighted by molar-refractivity contribution is 0.448. The molecule has 12 heteroatoms. The third-order valence-electron chi connectivity index (χ3n) is 5.24. The molecule has 184 valence electrons. The normalized spacial score (nSPS) is 13.4. The number of aromatic nitrogens is 5. The standard InChI is InChI=1S/C23H23N7OS2.2ClH/c1-15-17(5-4-10-25-15)31-18-13-20(27-14-19(18)32-21-6-2-3-9-26-21)28-23-29-22(30-33-23)16-7-11-24-12-8-16;;/h2-6,9-10,13-14,16,24H,7-8,11-12H2,1H3,(H,27,28,29,30);2*1H. The number of ether oxygens (including phenoxy) is 1. The van der Waals surface area contributed by atoms with Gasteiger partial charge in [-0.25, -0.2) is 15.0 Å². The second-order valence-corrected chi connectivity index (χ2v) is 9.40. The molecule has 5 heterocycles. The number of rotatable bonds is 7. The van der Waals surface area contributed by atoms with Crippen LogP contribution < -0.4 is 15.4 Å². The van der Waals surface area contributed by atoms with Crippen LogP contribution in [-0.4, -0.2) is 37.4 Å². The Bertz CT molecular complexity index is 1220. The molecule has 0 unspecified atom stereocenters. The number of piperidine rings is 1. The lowest BCUT2D eigenvalue weighted by Crippen LogP contribution is -2.27. The van der Waals surface area contributed by atoms with E-state index < -0.39 is 0 Å². The number of hydrogen-bond donors (Lipinski definition) is 2. The number of halogens is 2. The summed E-state index contributed by atoms with van der Waals surface area (Å²) in [5.74, 6) is 3.33. The van der Waals surface area contributed by atoms with E-state index in [0.717, 1.165) is 52.5 Å². The molecule has 4 aromatic rings. The van der Waals surface area contributed by atoms with Crippen LogP contribution in [0.5, 0.6) is 11.5 Å². The first-order chi connectivity index (χ1) is 16.2. The molecular weight excluding hydrogens is 525 g/mol. The van der Waals surface area contributed by atoms with Gasteiger partial charge in [-0.1, -0.05) is 17.8 Å². The van der Waals surface area contributed by atoms with Gasteiger partial charge in [-0.15, -0.1) is 24.8 Å². The summed E-state index contributed by atoms with van der Waals surface area (Å²) in [5, 5.41) is 8.27. The highest BCUT2D eigenvalue weighted by atomic mass is 35.5. The van der Waals surface area contributed by atoms with Crippen LogP contribution in [0, 0.1) is 6.92 Å². The van der Waals surface area contributed by atoms with Crippen molar-refractivity contribution >= 4 is 59.1 Å². The van der Waals surface area contributed by atoms with Gasteiger partial charge in [0, 0.05) is 42.1 Å². The summed E-state index contributed by atoms with van der Waals surface area (Å²) in [7, 11) is 0. The van der Waals surface area contributed by atoms with E-state index in [2.05, 4.69) is 30.0 Å². The average Bonchev–Trinajstić information content (AvgIpc) is 3.32. The molecule has 0 aliphatic carbocycles. The molecule has 0 bridgehead atoms. The average molecular weight is 551 g/mol. The summed E-state index contributed by atoms with van der Waals surface area (Å²) in [4.78, 5) is 18.9. The van der Waals surface area contributed by atoms with Crippen LogP contribution in [0.4, 0.5) is 10.9 Å². The van der Waals surface area contributed by atoms with E-state index in [1.54, 1.807) is 18.6 Å². The molecule has 1 aliphatic rings. The van der Waals surface area contributed by atoms with Crippen molar-refractivity contribution in [2.24, 2.45) is 0 Å². The van der Waals surface area contributed by atoms with Crippen molar-refractivity contribution in [2.45, 2.75) is 35.6 Å². The van der Waals surface area contributed by atoms with E-state index in [9.17, 15) is 0 Å². The van der Waals surface area contributed by atoms with Gasteiger partial charge in [-0.05, 0) is 57.1 Å². The smallest absolute Gasteiger partial charge is 0.208 e. The Hall–Kier alpha value is -2.50. The lowest BCUT2D eigenvalue weighted by Gasteiger charge is -2.19. The Balaban J connectivity index is 0.00000171. The predicted octanol–water partition coefficient (Wildman–Crippen LogP) is 6.03. The number of hydrogen-bond acceptors (Lipinski definition) is 10. The summed E-state index contributed by atoms with van der Waals surface area (Å²) >= 11 is 2.86. The minimum Gasteiger partial charge on any atom is -0.454 e. The third kappa shape index (κ3) is 7.02. The number of anilines is 2. The molecule has 0 atom stereocenters. The van der Waals surface area contributed by atoms with Crippen molar-refractivity contribution in [1.29, 1.82) is 0 Å². The summed E-state index contributed by atoms with van der Waals surface area (Å²) in [6.45, 7) is 3.95. The van der Waals surface area contributed by atoms with E-state index >= 15 is 0 Å². The maximum absolute atomic E-state index is 6.26. The first-order valence-electron chi connectivity index (χ1n) is 10.7. The van der Waals surface area contributed by atoms with Gasteiger partial charge in [0.15, 0.2) is 0 Å². The SMILES string of the molecule is Cc1ncccc1Oc1cc(Nc2nc(C3CCNCC3)ns2)ncc1Sc1ccccn1.Cl.Cl. The van der Waals surface area contributed by atoms with Crippen LogP contribution in [-0.2, 0) is 0 Å². The molecule has 5 rings (SSSR count). The van der Waals surface area contributed by atoms with Gasteiger partial charge >= 0.3 is 0 Å². The predicted molar refractivity (Wildman–Crippen MR) is 144 cm³/mol. The zero-order valence-electron chi connectivity index (χ0n) is 18.9. The molecule has 8 nitrogen and oxygen atoms in total. The van der Waals surface area contributed by atoms with Crippen molar-refractivity contribution in [3.05, 3.63) is 66.5 Å². The van der Waals surface area contributed by atoms with Gasteiger partial charge in [0.1, 0.15) is 28.2 Å². The minimum atomic E-state index is 0. The Labute approximate surface area is 224 Å². The monoisotopic (exact) mass is 549 g/mol. The van der Waals surface area contributed by atoms with E-state index in [0.29, 0.717) is 23.2 Å². The molecule has 0 amide bonds. The Kier molecular flexibility index (Phi) is 10.1. The van der Waals surface area contributed by atoms with Crippen LogP contribution >= 0.6 is 48.1 Å². The molecule has 0 spiro atoms. The third-order valence-corrected chi connectivity index (χ3v) is 6.87. The Morgan fingerprint density at radius 2 is 1.86 bits per heavy atom. The molecule has 0 aromatic carbocycles. The zero-order valence-corrected chi connectivity index (χ0v) is 22.1. The number of nitrogens with zero attached hydrogens (tertiary/aromatic N) is 5. The Morgan fingerprint density at radius 3 is 2.63 bits per heavy atom. The molecule has 35 heavy (non-hydrogen) atoms.